The maximum absolute atomic E-state index is 10.7. The van der Waals surface area contributed by atoms with Crippen LogP contribution in [0.3, 0.4) is 0 Å². The molecule has 0 aliphatic heterocycles. The summed E-state index contributed by atoms with van der Waals surface area (Å²) in [5.74, 6) is 0. The zero-order valence-corrected chi connectivity index (χ0v) is 7.28. The van der Waals surface area contributed by atoms with Crippen LogP contribution in [0.4, 0.5) is 25.2 Å². The second-order valence-electron chi connectivity index (χ2n) is 1.18. The summed E-state index contributed by atoms with van der Waals surface area (Å²) in [5.41, 5.74) is 0. The summed E-state index contributed by atoms with van der Waals surface area (Å²) in [6.45, 7) is 0. The summed E-state index contributed by atoms with van der Waals surface area (Å²) in [4.78, 5) is 8.25. The Hall–Kier alpha value is 0.405. The summed E-state index contributed by atoms with van der Waals surface area (Å²) in [6.07, 6.45) is 0. The first-order chi connectivity index (χ1) is 4.18. The average Bonchev–Trinajstić information content (AvgIpc) is 1.11. The third kappa shape index (κ3) is 8200. The van der Waals surface area contributed by atoms with Gasteiger partial charge in [0.25, 0.3) is 0 Å². The topological polar surface area (TPSA) is 66.2 Å². The van der Waals surface area contributed by atoms with Crippen LogP contribution in [0.25, 0.3) is 0 Å². The fourth-order valence-electron chi connectivity index (χ4n) is 0. The van der Waals surface area contributed by atoms with Crippen molar-refractivity contribution in [2.45, 2.75) is 0 Å². The van der Waals surface area contributed by atoms with Crippen LogP contribution in [0, 0.1) is 15.3 Å². The second-order valence-corrected chi connectivity index (χ2v) is 3.10. The fourth-order valence-corrected chi connectivity index (χ4v) is 0. The standard InChI is InChI=1S/F6P.2Li.NO3/c1-7(2,3,4,5)6;;;2-1(3)4/q-1;2*+1;-1. The van der Waals surface area contributed by atoms with Gasteiger partial charge in [-0.05, 0) is 0 Å². The van der Waals surface area contributed by atoms with E-state index in [1.165, 1.54) is 0 Å². The van der Waals surface area contributed by atoms with Crippen molar-refractivity contribution in [2.75, 3.05) is 0 Å². The summed E-state index contributed by atoms with van der Waals surface area (Å²) >= 11 is 0. The molecule has 0 atom stereocenters. The Morgan fingerprint density at radius 2 is 0.846 bits per heavy atom. The molecule has 13 heteroatoms. The molecule has 0 saturated heterocycles. The first-order valence-corrected chi connectivity index (χ1v) is 3.59. The fraction of sp³-hybridized carbons (Fsp3) is 0. The van der Waals surface area contributed by atoms with E-state index in [2.05, 4.69) is 0 Å². The van der Waals surface area contributed by atoms with Crippen molar-refractivity contribution in [3.63, 3.8) is 0 Å². The molecule has 0 amide bonds. The number of hydrogen-bond donors (Lipinski definition) is 0. The van der Waals surface area contributed by atoms with Crippen LogP contribution in [0.1, 0.15) is 0 Å². The Morgan fingerprint density at radius 3 is 0.846 bits per heavy atom. The first-order valence-electron chi connectivity index (χ1n) is 1.56. The Morgan fingerprint density at radius 1 is 0.846 bits per heavy atom. The van der Waals surface area contributed by atoms with E-state index in [0.717, 1.165) is 0 Å². The van der Waals surface area contributed by atoms with Crippen molar-refractivity contribution in [3.05, 3.63) is 15.3 Å². The molecule has 0 aromatic rings. The molecular formula is F6Li2NO3P. The molecule has 0 aliphatic carbocycles. The van der Waals surface area contributed by atoms with Gasteiger partial charge in [0.1, 0.15) is 0 Å². The Kier molecular flexibility index (Phi) is 8.54. The quantitative estimate of drug-likeness (QED) is 0.145. The number of halogens is 6. The van der Waals surface area contributed by atoms with Gasteiger partial charge in [-0.2, -0.15) is 0 Å². The molecule has 0 heterocycles. The molecule has 0 unspecified atom stereocenters. The number of hydrogen-bond acceptors (Lipinski definition) is 3. The van der Waals surface area contributed by atoms with Crippen LogP contribution in [-0.2, 0) is 0 Å². The molecule has 0 aliphatic rings. The Balaban J connectivity index is -0.0000000600. The van der Waals surface area contributed by atoms with Gasteiger partial charge in [-0.25, -0.2) is 0 Å². The summed E-state index contributed by atoms with van der Waals surface area (Å²) < 4.78 is 59.2. The van der Waals surface area contributed by atoms with Crippen molar-refractivity contribution in [3.8, 4) is 0 Å². The summed E-state index contributed by atoms with van der Waals surface area (Å²) in [5, 5.41) is 14.8. The minimum absolute atomic E-state index is 0. The molecule has 4 nitrogen and oxygen atoms in total. The van der Waals surface area contributed by atoms with Gasteiger partial charge >= 0.3 is 70.7 Å². The zero-order chi connectivity index (χ0) is 9.99. The monoisotopic (exact) mass is 221 g/mol. The molecule has 0 rings (SSSR count). The van der Waals surface area contributed by atoms with Crippen LogP contribution in [0.15, 0.2) is 0 Å². The molecule has 72 valence electrons. The van der Waals surface area contributed by atoms with Gasteiger partial charge < -0.3 is 15.3 Å². The van der Waals surface area contributed by atoms with Crippen molar-refractivity contribution < 1.29 is 68.0 Å². The predicted molar refractivity (Wildman–Crippen MR) is 23.9 cm³/mol. The van der Waals surface area contributed by atoms with E-state index in [0.29, 0.717) is 0 Å². The first kappa shape index (κ1) is 23.3. The molecule has 0 saturated carbocycles. The second kappa shape index (κ2) is 4.76. The summed E-state index contributed by atoms with van der Waals surface area (Å²) in [6, 6.07) is 0. The van der Waals surface area contributed by atoms with Crippen molar-refractivity contribution in [1.82, 2.24) is 0 Å². The average molecular weight is 221 g/mol. The predicted octanol–water partition coefficient (Wildman–Crippen LogP) is -2.85. The van der Waals surface area contributed by atoms with Crippen LogP contribution in [0.2, 0.25) is 0 Å². The minimum atomic E-state index is -10.7. The van der Waals surface area contributed by atoms with Crippen LogP contribution in [-0.4, -0.2) is 5.09 Å². The van der Waals surface area contributed by atoms with Gasteiger partial charge in [0.05, 0.1) is 5.09 Å². The normalized spacial score (nSPS) is 14.3. The van der Waals surface area contributed by atoms with Crippen LogP contribution in [0.5, 0.6) is 0 Å². The van der Waals surface area contributed by atoms with E-state index < -0.39 is 12.9 Å². The van der Waals surface area contributed by atoms with E-state index in [1.807, 2.05) is 0 Å². The zero-order valence-electron chi connectivity index (χ0n) is 6.39. The smallest absolute Gasteiger partial charge is 0.356 e. The summed E-state index contributed by atoms with van der Waals surface area (Å²) in [7, 11) is -10.7. The van der Waals surface area contributed by atoms with Crippen molar-refractivity contribution >= 4 is 7.81 Å². The van der Waals surface area contributed by atoms with E-state index in [1.54, 1.807) is 0 Å². The number of rotatable bonds is 0. The van der Waals surface area contributed by atoms with Crippen molar-refractivity contribution in [1.29, 1.82) is 0 Å². The molecule has 13 heavy (non-hydrogen) atoms. The molecule has 0 fully saturated rings. The molecule has 0 aromatic carbocycles. The minimum Gasteiger partial charge on any atom is -0.356 e. The van der Waals surface area contributed by atoms with Crippen LogP contribution < -0.4 is 37.7 Å². The van der Waals surface area contributed by atoms with Crippen molar-refractivity contribution in [2.24, 2.45) is 0 Å². The maximum Gasteiger partial charge on any atom is 1.00 e. The third-order valence-electron chi connectivity index (χ3n) is 0. The van der Waals surface area contributed by atoms with Gasteiger partial charge in [-0.15, -0.1) is 0 Å². The molecule has 0 aromatic heterocycles. The van der Waals surface area contributed by atoms with E-state index in [4.69, 9.17) is 15.3 Å². The van der Waals surface area contributed by atoms with Crippen LogP contribution >= 0.6 is 7.81 Å². The van der Waals surface area contributed by atoms with Gasteiger partial charge in [-0.3, -0.25) is 0 Å². The van der Waals surface area contributed by atoms with Gasteiger partial charge in [0.15, 0.2) is 0 Å². The molecule has 0 spiro atoms. The SMILES string of the molecule is F[P-](F)(F)(F)(F)F.O=[N+]([O-])[O-].[Li+].[Li+]. The van der Waals surface area contributed by atoms with E-state index in [-0.39, 0.29) is 37.7 Å². The van der Waals surface area contributed by atoms with Gasteiger partial charge in [0, 0.05) is 0 Å². The Bertz CT molecular complexity index is 144. The third-order valence-corrected chi connectivity index (χ3v) is 0. The largest absolute Gasteiger partial charge is 1.00 e. The molecular weight excluding hydrogens is 221 g/mol. The van der Waals surface area contributed by atoms with E-state index >= 15 is 0 Å². The van der Waals surface area contributed by atoms with Gasteiger partial charge in [-0.1, -0.05) is 0 Å². The van der Waals surface area contributed by atoms with E-state index in [9.17, 15) is 25.2 Å². The number of nitrogens with zero attached hydrogens (tertiary/aromatic N) is 1. The maximum atomic E-state index is 9.87. The Labute approximate surface area is 91.4 Å². The van der Waals surface area contributed by atoms with Gasteiger partial charge in [0.2, 0.25) is 0 Å². The molecule has 0 N–H and O–H groups in total. The molecule has 0 bridgehead atoms. The molecule has 0 radical (unpaired) electrons.